The van der Waals surface area contributed by atoms with Gasteiger partial charge in [0.25, 0.3) is 0 Å². The van der Waals surface area contributed by atoms with Crippen molar-refractivity contribution < 1.29 is 14.2 Å². The first kappa shape index (κ1) is 15.5. The van der Waals surface area contributed by atoms with E-state index in [1.807, 2.05) is 16.8 Å². The van der Waals surface area contributed by atoms with E-state index in [0.29, 0.717) is 23.2 Å². The minimum atomic E-state index is 0.244. The molecule has 2 aromatic rings. The highest BCUT2D eigenvalue weighted by molar-refractivity contribution is 5.57. The lowest BCUT2D eigenvalue weighted by Crippen LogP contribution is -2.23. The third-order valence-corrected chi connectivity index (χ3v) is 4.36. The van der Waals surface area contributed by atoms with Crippen molar-refractivity contribution in [2.45, 2.75) is 31.7 Å². The van der Waals surface area contributed by atoms with E-state index in [0.717, 1.165) is 24.4 Å². The SMILES string of the molecule is COc1ccc(C2CC(C)c3nc(N)nn3C2)c(OC)c1OC. The number of hydrogen-bond donors (Lipinski definition) is 1. The zero-order valence-corrected chi connectivity index (χ0v) is 13.9. The first-order chi connectivity index (χ1) is 11.1. The van der Waals surface area contributed by atoms with Crippen LogP contribution in [0.25, 0.3) is 0 Å². The number of benzene rings is 1. The van der Waals surface area contributed by atoms with E-state index in [-0.39, 0.29) is 11.8 Å². The Balaban J connectivity index is 2.02. The van der Waals surface area contributed by atoms with E-state index in [1.54, 1.807) is 21.3 Å². The molecule has 0 saturated heterocycles. The summed E-state index contributed by atoms with van der Waals surface area (Å²) in [5.41, 5.74) is 6.82. The van der Waals surface area contributed by atoms with Crippen molar-refractivity contribution in [3.63, 3.8) is 0 Å². The summed E-state index contributed by atoms with van der Waals surface area (Å²) < 4.78 is 18.3. The van der Waals surface area contributed by atoms with Crippen LogP contribution < -0.4 is 19.9 Å². The fraction of sp³-hybridized carbons (Fsp3) is 0.500. The van der Waals surface area contributed by atoms with Gasteiger partial charge in [-0.3, -0.25) is 0 Å². The Morgan fingerprint density at radius 3 is 2.52 bits per heavy atom. The number of rotatable bonds is 4. The van der Waals surface area contributed by atoms with Crippen LogP contribution in [0.4, 0.5) is 5.95 Å². The normalized spacial score (nSPS) is 20.0. The number of nitrogens with two attached hydrogens (primary N) is 1. The molecule has 124 valence electrons. The highest BCUT2D eigenvalue weighted by Gasteiger charge is 2.31. The summed E-state index contributed by atoms with van der Waals surface area (Å²) in [7, 11) is 4.87. The van der Waals surface area contributed by atoms with Crippen LogP contribution in [0.5, 0.6) is 17.2 Å². The van der Waals surface area contributed by atoms with Crippen molar-refractivity contribution in [3.8, 4) is 17.2 Å². The van der Waals surface area contributed by atoms with Crippen molar-refractivity contribution in [1.82, 2.24) is 14.8 Å². The number of aromatic nitrogens is 3. The number of nitrogens with zero attached hydrogens (tertiary/aromatic N) is 3. The zero-order chi connectivity index (χ0) is 16.6. The van der Waals surface area contributed by atoms with Crippen molar-refractivity contribution in [3.05, 3.63) is 23.5 Å². The topological polar surface area (TPSA) is 84.4 Å². The quantitative estimate of drug-likeness (QED) is 0.930. The summed E-state index contributed by atoms with van der Waals surface area (Å²) in [6.07, 6.45) is 0.948. The standard InChI is InChI=1S/C16H22N4O3/c1-9-7-10(8-20-15(9)18-16(17)19-20)11-5-6-12(21-2)14(23-4)13(11)22-3/h5-6,9-10H,7-8H2,1-4H3,(H2,17,19). The molecule has 2 unspecified atom stereocenters. The van der Waals surface area contributed by atoms with Crippen LogP contribution in [-0.4, -0.2) is 36.1 Å². The van der Waals surface area contributed by atoms with Gasteiger partial charge in [-0.1, -0.05) is 13.0 Å². The Labute approximate surface area is 135 Å². The fourth-order valence-electron chi connectivity index (χ4n) is 3.36. The summed E-state index contributed by atoms with van der Waals surface area (Å²) in [4.78, 5) is 4.32. The van der Waals surface area contributed by atoms with Gasteiger partial charge < -0.3 is 19.9 Å². The molecule has 1 aliphatic heterocycles. The average Bonchev–Trinajstić information content (AvgIpc) is 2.94. The van der Waals surface area contributed by atoms with Gasteiger partial charge in [0.1, 0.15) is 5.82 Å². The Morgan fingerprint density at radius 1 is 1.13 bits per heavy atom. The second-order valence-corrected chi connectivity index (χ2v) is 5.77. The largest absolute Gasteiger partial charge is 0.493 e. The van der Waals surface area contributed by atoms with Crippen LogP contribution >= 0.6 is 0 Å². The number of anilines is 1. The Morgan fingerprint density at radius 2 is 1.87 bits per heavy atom. The van der Waals surface area contributed by atoms with Crippen LogP contribution in [-0.2, 0) is 6.54 Å². The molecule has 7 nitrogen and oxygen atoms in total. The number of methoxy groups -OCH3 is 3. The molecule has 2 atom stereocenters. The third kappa shape index (κ3) is 2.56. The molecular weight excluding hydrogens is 296 g/mol. The first-order valence-corrected chi connectivity index (χ1v) is 7.58. The van der Waals surface area contributed by atoms with E-state index in [4.69, 9.17) is 19.9 Å². The van der Waals surface area contributed by atoms with Gasteiger partial charge in [0, 0.05) is 17.4 Å². The Bertz CT molecular complexity index is 714. The van der Waals surface area contributed by atoms with Gasteiger partial charge in [-0.2, -0.15) is 4.98 Å². The maximum absolute atomic E-state index is 5.74. The lowest BCUT2D eigenvalue weighted by Gasteiger charge is -2.29. The predicted octanol–water partition coefficient (Wildman–Crippen LogP) is 2.18. The van der Waals surface area contributed by atoms with E-state index in [2.05, 4.69) is 17.0 Å². The molecule has 0 aliphatic carbocycles. The zero-order valence-electron chi connectivity index (χ0n) is 13.9. The minimum absolute atomic E-state index is 0.244. The number of nitrogen functional groups attached to an aromatic ring is 1. The lowest BCUT2D eigenvalue weighted by molar-refractivity contribution is 0.313. The maximum atomic E-state index is 5.74. The van der Waals surface area contributed by atoms with Gasteiger partial charge in [-0.25, -0.2) is 4.68 Å². The highest BCUT2D eigenvalue weighted by atomic mass is 16.5. The van der Waals surface area contributed by atoms with Gasteiger partial charge >= 0.3 is 0 Å². The van der Waals surface area contributed by atoms with E-state index in [1.165, 1.54) is 0 Å². The molecule has 0 amide bonds. The van der Waals surface area contributed by atoms with Crippen LogP contribution in [0, 0.1) is 0 Å². The van der Waals surface area contributed by atoms with Gasteiger partial charge in [0.15, 0.2) is 11.5 Å². The van der Waals surface area contributed by atoms with Gasteiger partial charge in [-0.15, -0.1) is 5.10 Å². The molecule has 1 aliphatic rings. The lowest BCUT2D eigenvalue weighted by atomic mass is 9.85. The molecule has 23 heavy (non-hydrogen) atoms. The molecular formula is C16H22N4O3. The molecule has 0 radical (unpaired) electrons. The molecule has 7 heteroatoms. The van der Waals surface area contributed by atoms with Crippen LogP contribution in [0.1, 0.15) is 36.6 Å². The van der Waals surface area contributed by atoms with Crippen molar-refractivity contribution in [2.75, 3.05) is 27.1 Å². The van der Waals surface area contributed by atoms with E-state index in [9.17, 15) is 0 Å². The van der Waals surface area contributed by atoms with Crippen LogP contribution in [0.15, 0.2) is 12.1 Å². The summed E-state index contributed by atoms with van der Waals surface area (Å²) in [5, 5.41) is 4.30. The fourth-order valence-corrected chi connectivity index (χ4v) is 3.36. The number of hydrogen-bond acceptors (Lipinski definition) is 6. The predicted molar refractivity (Wildman–Crippen MR) is 86.3 cm³/mol. The first-order valence-electron chi connectivity index (χ1n) is 7.58. The number of ether oxygens (including phenoxy) is 3. The molecule has 2 heterocycles. The van der Waals surface area contributed by atoms with Crippen LogP contribution in [0.2, 0.25) is 0 Å². The van der Waals surface area contributed by atoms with Crippen LogP contribution in [0.3, 0.4) is 0 Å². The molecule has 0 fully saturated rings. The van der Waals surface area contributed by atoms with E-state index < -0.39 is 0 Å². The Hall–Kier alpha value is -2.44. The van der Waals surface area contributed by atoms with E-state index >= 15 is 0 Å². The van der Waals surface area contributed by atoms with Crippen molar-refractivity contribution in [1.29, 1.82) is 0 Å². The molecule has 1 aromatic heterocycles. The van der Waals surface area contributed by atoms with Crippen molar-refractivity contribution in [2.24, 2.45) is 0 Å². The summed E-state index contributed by atoms with van der Waals surface area (Å²) in [6, 6.07) is 3.94. The number of fused-ring (bicyclic) bond motifs is 1. The molecule has 1 aromatic carbocycles. The molecule has 3 rings (SSSR count). The summed E-state index contributed by atoms with van der Waals surface area (Å²) in [5.74, 6) is 3.77. The monoisotopic (exact) mass is 318 g/mol. The molecule has 0 bridgehead atoms. The third-order valence-electron chi connectivity index (χ3n) is 4.36. The van der Waals surface area contributed by atoms with Gasteiger partial charge in [0.2, 0.25) is 11.7 Å². The molecule has 2 N–H and O–H groups in total. The highest BCUT2D eigenvalue weighted by Crippen LogP contribution is 2.46. The molecule has 0 saturated carbocycles. The summed E-state index contributed by atoms with van der Waals surface area (Å²) in [6.45, 7) is 2.86. The van der Waals surface area contributed by atoms with Crippen molar-refractivity contribution >= 4 is 5.95 Å². The van der Waals surface area contributed by atoms with Gasteiger partial charge in [-0.05, 0) is 12.5 Å². The average molecular weight is 318 g/mol. The second-order valence-electron chi connectivity index (χ2n) is 5.77. The second kappa shape index (κ2) is 5.98. The minimum Gasteiger partial charge on any atom is -0.493 e. The smallest absolute Gasteiger partial charge is 0.239 e. The molecule has 0 spiro atoms. The summed E-state index contributed by atoms with van der Waals surface area (Å²) >= 11 is 0. The Kier molecular flexibility index (Phi) is 4.02. The maximum Gasteiger partial charge on any atom is 0.239 e. The van der Waals surface area contributed by atoms with Gasteiger partial charge in [0.05, 0.1) is 27.9 Å².